The van der Waals surface area contributed by atoms with Crippen LogP contribution in [0.2, 0.25) is 0 Å². The SMILES string of the molecule is Cc1nnc(NC(=O)Cn2nc3n(c2=O)CCCCC3)s1. The molecule has 9 heteroatoms. The number of rotatable bonds is 3. The minimum Gasteiger partial charge on any atom is -0.299 e. The lowest BCUT2D eigenvalue weighted by molar-refractivity contribution is -0.117. The van der Waals surface area contributed by atoms with E-state index >= 15 is 0 Å². The van der Waals surface area contributed by atoms with Gasteiger partial charge < -0.3 is 0 Å². The molecule has 0 aliphatic carbocycles. The zero-order chi connectivity index (χ0) is 14.8. The van der Waals surface area contributed by atoms with Crippen molar-refractivity contribution in [2.45, 2.75) is 45.7 Å². The van der Waals surface area contributed by atoms with Crippen LogP contribution in [0.4, 0.5) is 5.13 Å². The number of nitrogens with zero attached hydrogens (tertiary/aromatic N) is 5. The van der Waals surface area contributed by atoms with Crippen molar-refractivity contribution in [1.82, 2.24) is 24.5 Å². The van der Waals surface area contributed by atoms with Gasteiger partial charge in [0.25, 0.3) is 0 Å². The fourth-order valence-electron chi connectivity index (χ4n) is 2.37. The number of fused-ring (bicyclic) bond motifs is 1. The quantitative estimate of drug-likeness (QED) is 0.894. The lowest BCUT2D eigenvalue weighted by Crippen LogP contribution is -2.30. The van der Waals surface area contributed by atoms with E-state index in [1.165, 1.54) is 16.0 Å². The van der Waals surface area contributed by atoms with Gasteiger partial charge in [-0.1, -0.05) is 17.8 Å². The molecule has 2 aromatic heterocycles. The molecule has 1 N–H and O–H groups in total. The second kappa shape index (κ2) is 5.76. The van der Waals surface area contributed by atoms with Crippen LogP contribution < -0.4 is 11.0 Å². The molecule has 0 saturated carbocycles. The van der Waals surface area contributed by atoms with E-state index in [9.17, 15) is 9.59 Å². The van der Waals surface area contributed by atoms with Crippen LogP contribution in [0.3, 0.4) is 0 Å². The Kier molecular flexibility index (Phi) is 3.82. The van der Waals surface area contributed by atoms with Crippen LogP contribution in [0.1, 0.15) is 30.1 Å². The van der Waals surface area contributed by atoms with Gasteiger partial charge in [0.05, 0.1) is 0 Å². The standard InChI is InChI=1S/C12H16N6O2S/c1-8-14-15-11(21-8)13-10(19)7-18-12(20)17-6-4-2-3-5-9(17)16-18/h2-7H2,1H3,(H,13,15,19). The van der Waals surface area contributed by atoms with Crippen LogP contribution >= 0.6 is 11.3 Å². The summed E-state index contributed by atoms with van der Waals surface area (Å²) in [6.45, 7) is 2.40. The fraction of sp³-hybridized carbons (Fsp3) is 0.583. The van der Waals surface area contributed by atoms with Crippen molar-refractivity contribution in [3.63, 3.8) is 0 Å². The van der Waals surface area contributed by atoms with Gasteiger partial charge in [0.15, 0.2) is 0 Å². The maximum Gasteiger partial charge on any atom is 0.346 e. The summed E-state index contributed by atoms with van der Waals surface area (Å²) in [5, 5.41) is 15.8. The molecule has 1 amide bonds. The molecule has 21 heavy (non-hydrogen) atoms. The van der Waals surface area contributed by atoms with Gasteiger partial charge in [0.2, 0.25) is 11.0 Å². The summed E-state index contributed by atoms with van der Waals surface area (Å²) in [5.74, 6) is 0.457. The van der Waals surface area contributed by atoms with Crippen molar-refractivity contribution in [2.24, 2.45) is 0 Å². The first-order valence-electron chi connectivity index (χ1n) is 6.90. The molecule has 0 aromatic carbocycles. The summed E-state index contributed by atoms with van der Waals surface area (Å²) in [5.41, 5.74) is -0.213. The van der Waals surface area contributed by atoms with Gasteiger partial charge >= 0.3 is 5.69 Å². The second-order valence-corrected chi connectivity index (χ2v) is 6.17. The normalized spacial score (nSPS) is 14.5. The molecule has 2 aromatic rings. The molecule has 0 spiro atoms. The van der Waals surface area contributed by atoms with Crippen LogP contribution in [0.5, 0.6) is 0 Å². The van der Waals surface area contributed by atoms with E-state index in [0.717, 1.165) is 36.5 Å². The Morgan fingerprint density at radius 1 is 1.33 bits per heavy atom. The smallest absolute Gasteiger partial charge is 0.299 e. The average Bonchev–Trinajstić information content (AvgIpc) is 2.86. The molecular formula is C12H16N6O2S. The van der Waals surface area contributed by atoms with Crippen molar-refractivity contribution in [3.05, 3.63) is 21.3 Å². The third-order valence-corrected chi connectivity index (χ3v) is 4.10. The molecule has 3 rings (SSSR count). The van der Waals surface area contributed by atoms with E-state index in [1.54, 1.807) is 4.57 Å². The summed E-state index contributed by atoms with van der Waals surface area (Å²) < 4.78 is 2.90. The first-order valence-corrected chi connectivity index (χ1v) is 7.71. The summed E-state index contributed by atoms with van der Waals surface area (Å²) in [4.78, 5) is 24.2. The van der Waals surface area contributed by atoms with E-state index in [0.29, 0.717) is 11.7 Å². The highest BCUT2D eigenvalue weighted by molar-refractivity contribution is 7.15. The van der Waals surface area contributed by atoms with Gasteiger partial charge in [0.1, 0.15) is 17.4 Å². The molecule has 0 unspecified atom stereocenters. The largest absolute Gasteiger partial charge is 0.346 e. The second-order valence-electron chi connectivity index (χ2n) is 4.99. The Balaban J connectivity index is 1.73. The molecular weight excluding hydrogens is 292 g/mol. The van der Waals surface area contributed by atoms with E-state index in [-0.39, 0.29) is 18.1 Å². The third-order valence-electron chi connectivity index (χ3n) is 3.35. The van der Waals surface area contributed by atoms with E-state index in [4.69, 9.17) is 0 Å². The topological polar surface area (TPSA) is 94.7 Å². The highest BCUT2D eigenvalue weighted by Gasteiger charge is 2.17. The number of amides is 1. The van der Waals surface area contributed by atoms with Crippen molar-refractivity contribution < 1.29 is 4.79 Å². The van der Waals surface area contributed by atoms with Crippen molar-refractivity contribution in [2.75, 3.05) is 5.32 Å². The number of carbonyl (C=O) groups excluding carboxylic acids is 1. The highest BCUT2D eigenvalue weighted by Crippen LogP contribution is 2.13. The summed E-state index contributed by atoms with van der Waals surface area (Å²) in [6, 6.07) is 0. The maximum atomic E-state index is 12.2. The Morgan fingerprint density at radius 3 is 2.95 bits per heavy atom. The van der Waals surface area contributed by atoms with E-state index in [1.807, 2.05) is 6.92 Å². The number of hydrogen-bond acceptors (Lipinski definition) is 6. The Bertz CT molecular complexity index is 716. The highest BCUT2D eigenvalue weighted by atomic mass is 32.1. The molecule has 0 atom stereocenters. The lowest BCUT2D eigenvalue weighted by atomic mass is 10.2. The minimum atomic E-state index is -0.318. The Labute approximate surface area is 124 Å². The molecule has 1 aliphatic heterocycles. The molecule has 8 nitrogen and oxygen atoms in total. The van der Waals surface area contributed by atoms with Crippen molar-refractivity contribution in [3.8, 4) is 0 Å². The molecule has 1 aliphatic rings. The zero-order valence-corrected chi connectivity index (χ0v) is 12.5. The predicted octanol–water partition coefficient (Wildman–Crippen LogP) is 0.570. The monoisotopic (exact) mass is 308 g/mol. The van der Waals surface area contributed by atoms with Crippen LogP contribution in [-0.2, 0) is 24.3 Å². The zero-order valence-electron chi connectivity index (χ0n) is 11.7. The molecule has 0 fully saturated rings. The van der Waals surface area contributed by atoms with Gasteiger partial charge in [0, 0.05) is 13.0 Å². The number of hydrogen-bond donors (Lipinski definition) is 1. The summed E-state index contributed by atoms with van der Waals surface area (Å²) in [6.07, 6.45) is 3.92. The first-order chi connectivity index (χ1) is 10.1. The van der Waals surface area contributed by atoms with Crippen molar-refractivity contribution in [1.29, 1.82) is 0 Å². The van der Waals surface area contributed by atoms with Crippen molar-refractivity contribution >= 4 is 22.4 Å². The van der Waals surface area contributed by atoms with Gasteiger partial charge in [-0.2, -0.15) is 5.10 Å². The average molecular weight is 308 g/mol. The summed E-state index contributed by atoms with van der Waals surface area (Å²) in [7, 11) is 0. The predicted molar refractivity (Wildman–Crippen MR) is 77.3 cm³/mol. The minimum absolute atomic E-state index is 0.0997. The number of aromatic nitrogens is 5. The van der Waals surface area contributed by atoms with Gasteiger partial charge in [-0.25, -0.2) is 9.48 Å². The van der Waals surface area contributed by atoms with Crippen LogP contribution in [0, 0.1) is 6.92 Å². The first kappa shape index (κ1) is 13.9. The molecule has 0 radical (unpaired) electrons. The van der Waals surface area contributed by atoms with Crippen LogP contribution in [-0.4, -0.2) is 30.5 Å². The van der Waals surface area contributed by atoms with Gasteiger partial charge in [-0.3, -0.25) is 14.7 Å². The lowest BCUT2D eigenvalue weighted by Gasteiger charge is -2.00. The molecule has 3 heterocycles. The summed E-state index contributed by atoms with van der Waals surface area (Å²) >= 11 is 1.29. The maximum absolute atomic E-state index is 12.2. The van der Waals surface area contributed by atoms with Crippen LogP contribution in [0.25, 0.3) is 0 Å². The third kappa shape index (κ3) is 3.02. The molecule has 0 bridgehead atoms. The molecule has 112 valence electrons. The number of aryl methyl sites for hydroxylation is 2. The Morgan fingerprint density at radius 2 is 2.19 bits per heavy atom. The molecule has 0 saturated heterocycles. The number of nitrogens with one attached hydrogen (secondary N) is 1. The Hall–Kier alpha value is -2.03. The van der Waals surface area contributed by atoms with Gasteiger partial charge in [-0.15, -0.1) is 10.2 Å². The van der Waals surface area contributed by atoms with Crippen LogP contribution in [0.15, 0.2) is 4.79 Å². The van der Waals surface area contributed by atoms with E-state index in [2.05, 4.69) is 20.6 Å². The number of anilines is 1. The van der Waals surface area contributed by atoms with E-state index < -0.39 is 0 Å². The van der Waals surface area contributed by atoms with Gasteiger partial charge in [-0.05, 0) is 19.8 Å². The fourth-order valence-corrected chi connectivity index (χ4v) is 2.98. The number of carbonyl (C=O) groups is 1.